The fourth-order valence-corrected chi connectivity index (χ4v) is 9.67. The summed E-state index contributed by atoms with van der Waals surface area (Å²) < 4.78 is 5.98. The molecule has 0 radical (unpaired) electrons. The second-order valence-corrected chi connectivity index (χ2v) is 20.8. The molecule has 388 valence electrons. The lowest BCUT2D eigenvalue weighted by molar-refractivity contribution is -0.151. The summed E-state index contributed by atoms with van der Waals surface area (Å²) in [6, 6.07) is -0.693. The Hall–Kier alpha value is -1.14. The number of amides is 1. The van der Waals surface area contributed by atoms with Gasteiger partial charge in [-0.15, -0.1) is 0 Å². The topological polar surface area (TPSA) is 95.9 Å². The molecule has 3 N–H and O–H groups in total. The molecule has 0 aromatic heterocycles. The molecule has 0 fully saturated rings. The normalized spacial score (nSPS) is 13.0. The van der Waals surface area contributed by atoms with E-state index in [-0.39, 0.29) is 24.9 Å². The van der Waals surface area contributed by atoms with Gasteiger partial charge in [0.1, 0.15) is 6.10 Å². The van der Waals surface area contributed by atoms with Crippen LogP contribution in [0.4, 0.5) is 0 Å². The van der Waals surface area contributed by atoms with E-state index < -0.39 is 18.2 Å². The average Bonchev–Trinajstić information content (AvgIpc) is 3.30. The maximum Gasteiger partial charge on any atom is 0.306 e. The molecule has 0 spiro atoms. The summed E-state index contributed by atoms with van der Waals surface area (Å²) in [6.45, 7) is 6.54. The Morgan fingerprint density at radius 2 is 0.646 bits per heavy atom. The van der Waals surface area contributed by atoms with Crippen LogP contribution in [0.1, 0.15) is 342 Å². The molecule has 1 amide bonds. The predicted molar refractivity (Wildman–Crippen MR) is 283 cm³/mol. The van der Waals surface area contributed by atoms with E-state index in [1.165, 1.54) is 257 Å². The highest BCUT2D eigenvalue weighted by Crippen LogP contribution is 2.20. The highest BCUT2D eigenvalue weighted by atomic mass is 16.5. The van der Waals surface area contributed by atoms with Gasteiger partial charge in [0.25, 0.3) is 0 Å². The molecule has 6 heteroatoms. The van der Waals surface area contributed by atoms with Gasteiger partial charge in [-0.3, -0.25) is 9.59 Å². The van der Waals surface area contributed by atoms with E-state index in [0.29, 0.717) is 19.3 Å². The van der Waals surface area contributed by atoms with Crippen LogP contribution in [0.3, 0.4) is 0 Å². The molecule has 0 aliphatic heterocycles. The van der Waals surface area contributed by atoms with Crippen molar-refractivity contribution >= 4 is 11.9 Å². The summed E-state index contributed by atoms with van der Waals surface area (Å²) in [5.41, 5.74) is 0. The molecule has 0 aliphatic rings. The molecule has 3 atom stereocenters. The number of esters is 1. The highest BCUT2D eigenvalue weighted by molar-refractivity contribution is 5.77. The summed E-state index contributed by atoms with van der Waals surface area (Å²) in [5, 5.41) is 23.9. The lowest BCUT2D eigenvalue weighted by Crippen LogP contribution is -2.46. The van der Waals surface area contributed by atoms with Crippen molar-refractivity contribution < 1.29 is 24.5 Å². The summed E-state index contributed by atoms with van der Waals surface area (Å²) in [7, 11) is 0. The summed E-state index contributed by atoms with van der Waals surface area (Å²) in [6.07, 6.45) is 60.3. The number of hydrogen-bond donors (Lipinski definition) is 3. The number of hydrogen-bond acceptors (Lipinski definition) is 5. The quantitative estimate of drug-likeness (QED) is 0.0417. The third kappa shape index (κ3) is 49.1. The summed E-state index contributed by atoms with van der Waals surface area (Å²) >= 11 is 0. The molecular weight excluding hydrogens is 803 g/mol. The molecule has 0 saturated carbocycles. The minimum Gasteiger partial charge on any atom is -0.462 e. The molecule has 0 aromatic rings. The molecule has 3 unspecified atom stereocenters. The van der Waals surface area contributed by atoms with Crippen LogP contribution in [0.15, 0.2) is 0 Å². The summed E-state index contributed by atoms with van der Waals surface area (Å²) in [4.78, 5) is 26.3. The van der Waals surface area contributed by atoms with Crippen molar-refractivity contribution in [2.75, 3.05) is 6.61 Å². The number of ether oxygens (including phenoxy) is 1. The Balaban J connectivity index is 4.47. The SMILES string of the molecule is CCCCCCCCCCCCCCCCCCCC(=O)OC(CCCCCCCCCCCCCCCCC)CC(=O)NC(CO)C(O)CCCCCCCCCCCCCCCC. The van der Waals surface area contributed by atoms with Gasteiger partial charge in [-0.2, -0.15) is 0 Å². The standard InChI is InChI=1S/C59H117NO5/c1-4-7-10-13-16-19-22-25-28-29-31-34-37-40-43-46-49-52-59(64)65-55(50-47-44-41-38-35-32-30-26-23-20-17-14-11-8-5-2)53-58(63)60-56(54-61)57(62)51-48-45-42-39-36-33-27-24-21-18-15-12-9-6-3/h55-57,61-62H,4-54H2,1-3H3,(H,60,63). The van der Waals surface area contributed by atoms with Crippen LogP contribution in [0.2, 0.25) is 0 Å². The van der Waals surface area contributed by atoms with Crippen LogP contribution in [-0.2, 0) is 14.3 Å². The average molecular weight is 921 g/mol. The molecule has 0 rings (SSSR count). The fourth-order valence-electron chi connectivity index (χ4n) is 9.67. The monoisotopic (exact) mass is 920 g/mol. The summed E-state index contributed by atoms with van der Waals surface area (Å²) in [5.74, 6) is -0.443. The first-order chi connectivity index (χ1) is 32.0. The van der Waals surface area contributed by atoms with Crippen molar-refractivity contribution in [1.82, 2.24) is 5.32 Å². The molecule has 0 bridgehead atoms. The number of carbonyl (C=O) groups is 2. The van der Waals surface area contributed by atoms with Crippen molar-refractivity contribution in [2.24, 2.45) is 0 Å². The van der Waals surface area contributed by atoms with Gasteiger partial charge < -0.3 is 20.3 Å². The Bertz CT molecular complexity index is 944. The fraction of sp³-hybridized carbons (Fsp3) is 0.966. The first-order valence-corrected chi connectivity index (χ1v) is 29.8. The Morgan fingerprint density at radius 1 is 0.385 bits per heavy atom. The maximum atomic E-state index is 13.3. The minimum absolute atomic E-state index is 0.0888. The molecule has 0 aromatic carbocycles. The van der Waals surface area contributed by atoms with E-state index in [0.717, 1.165) is 38.5 Å². The van der Waals surface area contributed by atoms with Gasteiger partial charge >= 0.3 is 5.97 Å². The van der Waals surface area contributed by atoms with Gasteiger partial charge in [0.2, 0.25) is 5.91 Å². The van der Waals surface area contributed by atoms with Crippen molar-refractivity contribution in [3.8, 4) is 0 Å². The third-order valence-electron chi connectivity index (χ3n) is 14.2. The van der Waals surface area contributed by atoms with Gasteiger partial charge in [0.15, 0.2) is 0 Å². The van der Waals surface area contributed by atoms with Crippen LogP contribution in [0.25, 0.3) is 0 Å². The molecule has 65 heavy (non-hydrogen) atoms. The van der Waals surface area contributed by atoms with Crippen molar-refractivity contribution in [1.29, 1.82) is 0 Å². The Kier molecular flexibility index (Phi) is 52.9. The second kappa shape index (κ2) is 53.8. The van der Waals surface area contributed by atoms with Gasteiger partial charge in [0.05, 0.1) is 25.2 Å². The Morgan fingerprint density at radius 3 is 0.938 bits per heavy atom. The number of carbonyl (C=O) groups excluding carboxylic acids is 2. The second-order valence-electron chi connectivity index (χ2n) is 20.8. The van der Waals surface area contributed by atoms with Crippen molar-refractivity contribution in [3.63, 3.8) is 0 Å². The van der Waals surface area contributed by atoms with Crippen LogP contribution < -0.4 is 5.32 Å². The zero-order valence-electron chi connectivity index (χ0n) is 44.4. The van der Waals surface area contributed by atoms with Crippen LogP contribution in [0, 0.1) is 0 Å². The van der Waals surface area contributed by atoms with Crippen molar-refractivity contribution in [2.45, 2.75) is 360 Å². The first-order valence-electron chi connectivity index (χ1n) is 29.8. The maximum absolute atomic E-state index is 13.3. The molecule has 0 aliphatic carbocycles. The largest absolute Gasteiger partial charge is 0.462 e. The number of aliphatic hydroxyl groups is 2. The van der Waals surface area contributed by atoms with E-state index in [2.05, 4.69) is 26.1 Å². The smallest absolute Gasteiger partial charge is 0.306 e. The zero-order valence-corrected chi connectivity index (χ0v) is 44.4. The van der Waals surface area contributed by atoms with Gasteiger partial charge in [-0.25, -0.2) is 0 Å². The molecule has 0 heterocycles. The van der Waals surface area contributed by atoms with Crippen LogP contribution in [-0.4, -0.2) is 46.9 Å². The lowest BCUT2D eigenvalue weighted by Gasteiger charge is -2.24. The molecule has 6 nitrogen and oxygen atoms in total. The van der Waals surface area contributed by atoms with Crippen LogP contribution >= 0.6 is 0 Å². The van der Waals surface area contributed by atoms with E-state index in [4.69, 9.17) is 4.74 Å². The highest BCUT2D eigenvalue weighted by Gasteiger charge is 2.24. The Labute approximate surface area is 406 Å². The van der Waals surface area contributed by atoms with E-state index >= 15 is 0 Å². The van der Waals surface area contributed by atoms with Gasteiger partial charge in [-0.05, 0) is 25.7 Å². The number of unbranched alkanes of at least 4 members (excludes halogenated alkanes) is 43. The lowest BCUT2D eigenvalue weighted by atomic mass is 10.0. The number of nitrogens with one attached hydrogen (secondary N) is 1. The van der Waals surface area contributed by atoms with E-state index in [1.54, 1.807) is 0 Å². The minimum atomic E-state index is -0.780. The van der Waals surface area contributed by atoms with Gasteiger partial charge in [-0.1, -0.05) is 303 Å². The number of aliphatic hydroxyl groups excluding tert-OH is 2. The van der Waals surface area contributed by atoms with Crippen molar-refractivity contribution in [3.05, 3.63) is 0 Å². The molecule has 0 saturated heterocycles. The van der Waals surface area contributed by atoms with E-state index in [1.807, 2.05) is 0 Å². The third-order valence-corrected chi connectivity index (χ3v) is 14.2. The zero-order chi connectivity index (χ0) is 47.4. The first kappa shape index (κ1) is 63.9. The predicted octanol–water partition coefficient (Wildman–Crippen LogP) is 18.3. The van der Waals surface area contributed by atoms with Gasteiger partial charge in [0, 0.05) is 6.42 Å². The van der Waals surface area contributed by atoms with Crippen LogP contribution in [0.5, 0.6) is 0 Å². The number of rotatable bonds is 55. The van der Waals surface area contributed by atoms with E-state index in [9.17, 15) is 19.8 Å². The molecular formula is C59H117NO5.